The highest BCUT2D eigenvalue weighted by Gasteiger charge is 2.20. The Morgan fingerprint density at radius 3 is 2.48 bits per heavy atom. The maximum absolute atomic E-state index is 12.7. The van der Waals surface area contributed by atoms with Crippen LogP contribution >= 0.6 is 0 Å². The van der Waals surface area contributed by atoms with E-state index < -0.39 is 0 Å². The van der Waals surface area contributed by atoms with Gasteiger partial charge < -0.3 is 15.4 Å². The number of nitrogens with one attached hydrogen (secondary N) is 2. The molecule has 2 amide bonds. The Morgan fingerprint density at radius 2 is 1.69 bits per heavy atom. The number of nitrogens with zero attached hydrogens (tertiary/aromatic N) is 2. The fraction of sp³-hybridized carbons (Fsp3) is 0.318. The molecule has 3 aromatic rings. The van der Waals surface area contributed by atoms with Crippen LogP contribution in [0.4, 0.5) is 0 Å². The number of aromatic nitrogens is 2. The number of pyridine rings is 1. The molecular weight excluding hydrogens is 368 g/mol. The van der Waals surface area contributed by atoms with Crippen LogP contribution in [-0.2, 0) is 11.2 Å². The lowest BCUT2D eigenvalue weighted by Gasteiger charge is -2.04. The Hall–Kier alpha value is -3.19. The average molecular weight is 394 g/mol. The highest BCUT2D eigenvalue weighted by Crippen LogP contribution is 2.13. The second-order valence-corrected chi connectivity index (χ2v) is 6.69. The fourth-order valence-electron chi connectivity index (χ4n) is 3.09. The average Bonchev–Trinajstić information content (AvgIpc) is 3.15. The van der Waals surface area contributed by atoms with Crippen molar-refractivity contribution in [3.05, 3.63) is 71.8 Å². The molecule has 0 saturated heterocycles. The van der Waals surface area contributed by atoms with Gasteiger partial charge in [0, 0.05) is 33.0 Å². The van der Waals surface area contributed by atoms with Gasteiger partial charge in [0.2, 0.25) is 5.82 Å². The predicted octanol–water partition coefficient (Wildman–Crippen LogP) is 2.46. The van der Waals surface area contributed by atoms with E-state index in [2.05, 4.69) is 27.8 Å². The Morgan fingerprint density at radius 1 is 0.966 bits per heavy atom. The molecule has 0 saturated carbocycles. The molecule has 7 heteroatoms. The van der Waals surface area contributed by atoms with E-state index in [9.17, 15) is 9.59 Å². The molecule has 0 fully saturated rings. The van der Waals surface area contributed by atoms with Gasteiger partial charge in [0.25, 0.3) is 11.8 Å². The first-order chi connectivity index (χ1) is 14.2. The van der Waals surface area contributed by atoms with E-state index in [4.69, 9.17) is 4.74 Å². The zero-order valence-electron chi connectivity index (χ0n) is 16.6. The van der Waals surface area contributed by atoms with Crippen molar-refractivity contribution in [3.8, 4) is 0 Å². The number of fused-ring (bicyclic) bond motifs is 1. The maximum atomic E-state index is 12.7. The second-order valence-electron chi connectivity index (χ2n) is 6.69. The molecule has 29 heavy (non-hydrogen) atoms. The number of rotatable bonds is 10. The predicted molar refractivity (Wildman–Crippen MR) is 111 cm³/mol. The standard InChI is InChI=1S/C22H26N4O3/c1-29-16-8-14-24-22(28)20-25-19(18-12-5-6-15-26(18)20)21(27)23-13-7-11-17-9-3-2-4-10-17/h2-6,9-10,12,15H,7-8,11,13-14,16H2,1H3,(H,23,27)(H,24,28). The summed E-state index contributed by atoms with van der Waals surface area (Å²) in [6, 6.07) is 15.6. The summed E-state index contributed by atoms with van der Waals surface area (Å²) in [6.45, 7) is 1.59. The van der Waals surface area contributed by atoms with Gasteiger partial charge in [-0.15, -0.1) is 0 Å². The third-order valence-electron chi connectivity index (χ3n) is 4.55. The van der Waals surface area contributed by atoms with Gasteiger partial charge in [-0.1, -0.05) is 36.4 Å². The van der Waals surface area contributed by atoms with Crippen molar-refractivity contribution < 1.29 is 14.3 Å². The van der Waals surface area contributed by atoms with E-state index in [1.807, 2.05) is 24.3 Å². The number of hydrogen-bond donors (Lipinski definition) is 2. The number of aryl methyl sites for hydroxylation is 1. The molecule has 0 aliphatic carbocycles. The van der Waals surface area contributed by atoms with Gasteiger partial charge in [0.1, 0.15) is 0 Å². The minimum absolute atomic E-state index is 0.201. The van der Waals surface area contributed by atoms with Gasteiger partial charge in [-0.2, -0.15) is 0 Å². The molecule has 0 atom stereocenters. The van der Waals surface area contributed by atoms with Crippen LogP contribution in [0.25, 0.3) is 5.52 Å². The summed E-state index contributed by atoms with van der Waals surface area (Å²) >= 11 is 0. The summed E-state index contributed by atoms with van der Waals surface area (Å²) in [6.07, 6.45) is 4.16. The molecule has 3 rings (SSSR count). The highest BCUT2D eigenvalue weighted by molar-refractivity contribution is 6.02. The second kappa shape index (κ2) is 10.4. The van der Waals surface area contributed by atoms with Crippen LogP contribution in [0, 0.1) is 0 Å². The molecule has 7 nitrogen and oxygen atoms in total. The van der Waals surface area contributed by atoms with E-state index in [0.717, 1.165) is 12.8 Å². The third-order valence-corrected chi connectivity index (χ3v) is 4.55. The molecule has 152 valence electrons. The molecule has 1 aromatic carbocycles. The van der Waals surface area contributed by atoms with Crippen LogP contribution in [0.1, 0.15) is 39.5 Å². The van der Waals surface area contributed by atoms with Crippen molar-refractivity contribution in [2.24, 2.45) is 0 Å². The lowest BCUT2D eigenvalue weighted by atomic mass is 10.1. The van der Waals surface area contributed by atoms with Crippen LogP contribution < -0.4 is 10.6 Å². The first-order valence-corrected chi connectivity index (χ1v) is 9.77. The number of hydrogen-bond acceptors (Lipinski definition) is 4. The number of carbonyl (C=O) groups excluding carboxylic acids is 2. The van der Waals surface area contributed by atoms with Crippen LogP contribution in [0.3, 0.4) is 0 Å². The topological polar surface area (TPSA) is 84.7 Å². The number of amides is 2. The Balaban J connectivity index is 1.64. The van der Waals surface area contributed by atoms with Crippen molar-refractivity contribution in [3.63, 3.8) is 0 Å². The smallest absolute Gasteiger partial charge is 0.287 e. The van der Waals surface area contributed by atoms with Crippen LogP contribution in [0.5, 0.6) is 0 Å². The summed E-state index contributed by atoms with van der Waals surface area (Å²) in [5.41, 5.74) is 2.10. The molecule has 0 bridgehead atoms. The van der Waals surface area contributed by atoms with Crippen molar-refractivity contribution in [1.29, 1.82) is 0 Å². The zero-order chi connectivity index (χ0) is 20.5. The number of benzene rings is 1. The van der Waals surface area contributed by atoms with E-state index in [0.29, 0.717) is 31.6 Å². The number of carbonyl (C=O) groups is 2. The molecule has 2 aromatic heterocycles. The lowest BCUT2D eigenvalue weighted by Crippen LogP contribution is -2.28. The van der Waals surface area contributed by atoms with Crippen molar-refractivity contribution >= 4 is 17.3 Å². The molecule has 0 aliphatic rings. The van der Waals surface area contributed by atoms with Crippen LogP contribution in [0.2, 0.25) is 0 Å². The maximum Gasteiger partial charge on any atom is 0.287 e. The molecule has 0 unspecified atom stereocenters. The number of ether oxygens (including phenoxy) is 1. The third kappa shape index (κ3) is 5.42. The molecular formula is C22H26N4O3. The lowest BCUT2D eigenvalue weighted by molar-refractivity contribution is 0.0937. The van der Waals surface area contributed by atoms with E-state index in [-0.39, 0.29) is 23.3 Å². The highest BCUT2D eigenvalue weighted by atomic mass is 16.5. The van der Waals surface area contributed by atoms with E-state index in [1.165, 1.54) is 5.56 Å². The minimum Gasteiger partial charge on any atom is -0.385 e. The summed E-state index contributed by atoms with van der Waals surface area (Å²) in [4.78, 5) is 29.5. The van der Waals surface area contributed by atoms with Crippen molar-refractivity contribution in [2.45, 2.75) is 19.3 Å². The van der Waals surface area contributed by atoms with E-state index in [1.54, 1.807) is 29.8 Å². The van der Waals surface area contributed by atoms with Crippen molar-refractivity contribution in [2.75, 3.05) is 26.8 Å². The molecule has 0 radical (unpaired) electrons. The first kappa shape index (κ1) is 20.5. The van der Waals surface area contributed by atoms with Crippen molar-refractivity contribution in [1.82, 2.24) is 20.0 Å². The number of imidazole rings is 1. The quantitative estimate of drug-likeness (QED) is 0.518. The zero-order valence-corrected chi connectivity index (χ0v) is 16.6. The van der Waals surface area contributed by atoms with Gasteiger partial charge in [-0.25, -0.2) is 4.98 Å². The largest absolute Gasteiger partial charge is 0.385 e. The van der Waals surface area contributed by atoms with Gasteiger partial charge in [0.05, 0.1) is 5.52 Å². The summed E-state index contributed by atoms with van der Waals surface area (Å²) in [5, 5.41) is 5.73. The number of methoxy groups -OCH3 is 1. The molecule has 0 aliphatic heterocycles. The molecule has 0 spiro atoms. The van der Waals surface area contributed by atoms with Gasteiger partial charge >= 0.3 is 0 Å². The van der Waals surface area contributed by atoms with Gasteiger partial charge in [-0.3, -0.25) is 14.0 Å². The minimum atomic E-state index is -0.314. The molecule has 2 N–H and O–H groups in total. The normalized spacial score (nSPS) is 10.8. The summed E-state index contributed by atoms with van der Waals surface area (Å²) in [7, 11) is 1.62. The van der Waals surface area contributed by atoms with Crippen LogP contribution in [-0.4, -0.2) is 48.0 Å². The molecule has 2 heterocycles. The Labute approximate surface area is 170 Å². The fourth-order valence-corrected chi connectivity index (χ4v) is 3.09. The summed E-state index contributed by atoms with van der Waals surface area (Å²) in [5.74, 6) is -0.391. The Bertz CT molecular complexity index is 953. The first-order valence-electron chi connectivity index (χ1n) is 9.77. The summed E-state index contributed by atoms with van der Waals surface area (Å²) < 4.78 is 6.63. The Kier molecular flexibility index (Phi) is 7.35. The SMILES string of the molecule is COCCCNC(=O)c1nc(C(=O)NCCCc2ccccc2)c2ccccn12. The van der Waals surface area contributed by atoms with Gasteiger partial charge in [-0.05, 0) is 37.0 Å². The van der Waals surface area contributed by atoms with Crippen LogP contribution in [0.15, 0.2) is 54.7 Å². The van der Waals surface area contributed by atoms with Gasteiger partial charge in [0.15, 0.2) is 5.69 Å². The monoisotopic (exact) mass is 394 g/mol. The van der Waals surface area contributed by atoms with E-state index >= 15 is 0 Å².